The number of rotatable bonds is 5. The number of benzene rings is 2. The molecule has 2 heterocycles. The van der Waals surface area contributed by atoms with Crippen molar-refractivity contribution < 1.29 is 4.39 Å². The van der Waals surface area contributed by atoms with Crippen molar-refractivity contribution in [2.24, 2.45) is 34.9 Å². The zero-order valence-electron chi connectivity index (χ0n) is 20.1. The Hall–Kier alpha value is -3.78. The Morgan fingerprint density at radius 2 is 1.83 bits per heavy atom. The molecule has 2 aliphatic rings. The van der Waals surface area contributed by atoms with Crippen molar-refractivity contribution in [3.05, 3.63) is 98.8 Å². The lowest BCUT2D eigenvalue weighted by Crippen LogP contribution is -2.20. The summed E-state index contributed by atoms with van der Waals surface area (Å²) in [6.45, 7) is 1.89. The van der Waals surface area contributed by atoms with Gasteiger partial charge in [-0.25, -0.2) is 18.7 Å². The smallest absolute Gasteiger partial charge is 0.283 e. The van der Waals surface area contributed by atoms with E-state index in [1.165, 1.54) is 29.9 Å². The third kappa shape index (κ3) is 3.91. The van der Waals surface area contributed by atoms with E-state index in [4.69, 9.17) is 10.1 Å². The van der Waals surface area contributed by atoms with E-state index >= 15 is 0 Å². The molecule has 3 unspecified atom stereocenters. The third-order valence-corrected chi connectivity index (χ3v) is 8.08. The van der Waals surface area contributed by atoms with Crippen LogP contribution in [0, 0.1) is 30.5 Å². The second-order valence-corrected chi connectivity index (χ2v) is 10.3. The molecule has 182 valence electrons. The van der Waals surface area contributed by atoms with Gasteiger partial charge in [-0.1, -0.05) is 30.4 Å². The highest BCUT2D eigenvalue weighted by Gasteiger charge is 2.34. The summed E-state index contributed by atoms with van der Waals surface area (Å²) in [5, 5.41) is 6.83. The summed E-state index contributed by atoms with van der Waals surface area (Å²) in [6.07, 6.45) is 8.93. The molecule has 36 heavy (non-hydrogen) atoms. The monoisotopic (exact) mass is 499 g/mol. The van der Waals surface area contributed by atoms with Crippen LogP contribution in [0.25, 0.3) is 16.9 Å². The average Bonchev–Trinajstić information content (AvgIpc) is 3.66. The number of para-hydroxylation sites is 1. The molecule has 1 fully saturated rings. The molecule has 0 aliphatic heterocycles. The summed E-state index contributed by atoms with van der Waals surface area (Å²) in [6, 6.07) is 15.9. The van der Waals surface area contributed by atoms with Crippen LogP contribution in [0.3, 0.4) is 0 Å². The Labute approximate surface area is 212 Å². The molecular weight excluding hydrogens is 473 g/mol. The molecule has 3 atom stereocenters. The van der Waals surface area contributed by atoms with Crippen molar-refractivity contribution in [1.82, 2.24) is 14.0 Å². The van der Waals surface area contributed by atoms with Crippen molar-refractivity contribution in [2.75, 3.05) is 0 Å². The van der Waals surface area contributed by atoms with Gasteiger partial charge in [0, 0.05) is 30.1 Å². The fourth-order valence-corrected chi connectivity index (χ4v) is 6.08. The standard InChI is InChI=1S/C28H26FN5OS/c1-18-26(27(35)34(32(18)2)24-6-4-3-5-7-24)31-28-33(30-16-22-15-19-8-9-21(22)14-19)25(17-36-28)20-10-12-23(29)13-11-20/h3-13,16-17,19,21-22H,14-15H2,1-2H3. The number of hydrogen-bond donors (Lipinski definition) is 0. The second-order valence-electron chi connectivity index (χ2n) is 9.45. The molecule has 2 aromatic heterocycles. The zero-order valence-corrected chi connectivity index (χ0v) is 20.9. The van der Waals surface area contributed by atoms with Gasteiger partial charge in [0.1, 0.15) is 5.82 Å². The van der Waals surface area contributed by atoms with Gasteiger partial charge in [0.15, 0.2) is 5.69 Å². The van der Waals surface area contributed by atoms with Gasteiger partial charge in [0.2, 0.25) is 4.80 Å². The molecule has 0 N–H and O–H groups in total. The van der Waals surface area contributed by atoms with Crippen molar-refractivity contribution in [3.8, 4) is 16.9 Å². The Kier molecular flexibility index (Phi) is 5.68. The number of aromatic nitrogens is 3. The Balaban J connectivity index is 1.48. The van der Waals surface area contributed by atoms with Crippen molar-refractivity contribution in [3.63, 3.8) is 0 Å². The van der Waals surface area contributed by atoms with Crippen LogP contribution in [-0.2, 0) is 7.05 Å². The number of fused-ring (bicyclic) bond motifs is 2. The quantitative estimate of drug-likeness (QED) is 0.267. The maximum absolute atomic E-state index is 13.6. The minimum atomic E-state index is -0.288. The predicted octanol–water partition coefficient (Wildman–Crippen LogP) is 5.43. The summed E-state index contributed by atoms with van der Waals surface area (Å²) in [7, 11) is 1.86. The molecule has 4 aromatic rings. The van der Waals surface area contributed by atoms with Crippen LogP contribution in [0.4, 0.5) is 10.1 Å². The lowest BCUT2D eigenvalue weighted by atomic mass is 9.95. The zero-order chi connectivity index (χ0) is 24.8. The van der Waals surface area contributed by atoms with E-state index in [1.807, 2.05) is 60.6 Å². The third-order valence-electron chi connectivity index (χ3n) is 7.26. The van der Waals surface area contributed by atoms with E-state index in [1.54, 1.807) is 21.5 Å². The molecule has 0 spiro atoms. The van der Waals surface area contributed by atoms with Gasteiger partial charge in [-0.15, -0.1) is 11.3 Å². The van der Waals surface area contributed by atoms with Gasteiger partial charge in [0.05, 0.1) is 17.1 Å². The molecular formula is C28H26FN5OS. The predicted molar refractivity (Wildman–Crippen MR) is 141 cm³/mol. The normalized spacial score (nSPS) is 21.3. The second kappa shape index (κ2) is 9.02. The van der Waals surface area contributed by atoms with Crippen LogP contribution >= 0.6 is 11.3 Å². The number of thiazole rings is 1. The largest absolute Gasteiger partial charge is 0.297 e. The number of hydrogen-bond acceptors (Lipinski definition) is 4. The molecule has 0 radical (unpaired) electrons. The highest BCUT2D eigenvalue weighted by molar-refractivity contribution is 7.07. The summed E-state index contributed by atoms with van der Waals surface area (Å²) in [5.74, 6) is 1.27. The van der Waals surface area contributed by atoms with Gasteiger partial charge in [-0.2, -0.15) is 5.10 Å². The number of allylic oxidation sites excluding steroid dienone is 2. The van der Waals surface area contributed by atoms with Gasteiger partial charge in [-0.05, 0) is 68.0 Å². The average molecular weight is 500 g/mol. The minimum absolute atomic E-state index is 0.188. The highest BCUT2D eigenvalue weighted by Crippen LogP contribution is 2.42. The fourth-order valence-electron chi connectivity index (χ4n) is 5.23. The van der Waals surface area contributed by atoms with Crippen LogP contribution in [-0.4, -0.2) is 20.3 Å². The maximum atomic E-state index is 13.6. The molecule has 2 aliphatic carbocycles. The number of nitrogens with zero attached hydrogens (tertiary/aromatic N) is 5. The van der Waals surface area contributed by atoms with E-state index < -0.39 is 0 Å². The van der Waals surface area contributed by atoms with Crippen LogP contribution in [0.5, 0.6) is 0 Å². The van der Waals surface area contributed by atoms with Gasteiger partial charge in [0.25, 0.3) is 5.56 Å². The lowest BCUT2D eigenvalue weighted by Gasteiger charge is -2.12. The van der Waals surface area contributed by atoms with E-state index in [9.17, 15) is 9.18 Å². The summed E-state index contributed by atoms with van der Waals surface area (Å²) < 4.78 is 18.8. The Morgan fingerprint density at radius 1 is 1.06 bits per heavy atom. The minimum Gasteiger partial charge on any atom is -0.283 e. The molecule has 0 amide bonds. The highest BCUT2D eigenvalue weighted by atomic mass is 32.1. The van der Waals surface area contributed by atoms with Crippen LogP contribution in [0.2, 0.25) is 0 Å². The first kappa shape index (κ1) is 22.7. The maximum Gasteiger partial charge on any atom is 0.297 e. The molecule has 2 bridgehead atoms. The summed E-state index contributed by atoms with van der Waals surface area (Å²) in [5.41, 5.74) is 3.38. The molecule has 8 heteroatoms. The van der Waals surface area contributed by atoms with Crippen molar-refractivity contribution >= 4 is 23.2 Å². The first-order valence-electron chi connectivity index (χ1n) is 12.1. The van der Waals surface area contributed by atoms with Gasteiger partial charge < -0.3 is 0 Å². The number of halogens is 1. The molecule has 2 aromatic carbocycles. The van der Waals surface area contributed by atoms with Crippen LogP contribution < -0.4 is 10.4 Å². The van der Waals surface area contributed by atoms with Gasteiger partial charge >= 0.3 is 0 Å². The fraction of sp³-hybridized carbons (Fsp3) is 0.250. The summed E-state index contributed by atoms with van der Waals surface area (Å²) >= 11 is 1.41. The summed E-state index contributed by atoms with van der Waals surface area (Å²) in [4.78, 5) is 18.9. The van der Waals surface area contributed by atoms with Crippen molar-refractivity contribution in [2.45, 2.75) is 19.8 Å². The molecule has 6 rings (SSSR count). The van der Waals surface area contributed by atoms with Crippen molar-refractivity contribution in [1.29, 1.82) is 0 Å². The first-order chi connectivity index (χ1) is 17.5. The Bertz CT molecular complexity index is 1600. The molecule has 6 nitrogen and oxygen atoms in total. The first-order valence-corrected chi connectivity index (χ1v) is 13.0. The topological polar surface area (TPSA) is 56.6 Å². The molecule has 0 saturated heterocycles. The molecule has 1 saturated carbocycles. The lowest BCUT2D eigenvalue weighted by molar-refractivity contribution is 0.590. The van der Waals surface area contributed by atoms with E-state index in [2.05, 4.69) is 12.2 Å². The van der Waals surface area contributed by atoms with E-state index in [-0.39, 0.29) is 11.4 Å². The van der Waals surface area contributed by atoms with E-state index in [0.29, 0.717) is 28.2 Å². The Morgan fingerprint density at radius 3 is 2.53 bits per heavy atom. The van der Waals surface area contributed by atoms with Gasteiger partial charge in [-0.3, -0.25) is 9.48 Å². The SMILES string of the molecule is Cc1c(N=c2scc(-c3ccc(F)cc3)n2N=CC2CC3C=CC2C3)c(=O)n(-c2ccccc2)n1C. The van der Waals surface area contributed by atoms with Crippen LogP contribution in [0.15, 0.2) is 87.0 Å². The van der Waals surface area contributed by atoms with E-state index in [0.717, 1.165) is 29.1 Å². The van der Waals surface area contributed by atoms with Crippen LogP contribution in [0.1, 0.15) is 18.5 Å².